The average molecular weight is 341 g/mol. The van der Waals surface area contributed by atoms with Crippen molar-refractivity contribution in [3.63, 3.8) is 0 Å². The highest BCUT2D eigenvalue weighted by Gasteiger charge is 2.21. The number of amides is 1. The third kappa shape index (κ3) is 3.28. The van der Waals surface area contributed by atoms with Gasteiger partial charge in [0.25, 0.3) is 5.91 Å². The molecule has 1 amide bonds. The Balaban J connectivity index is 2.33. The van der Waals surface area contributed by atoms with Gasteiger partial charge in [0.05, 0.1) is 10.7 Å². The topological polar surface area (TPSA) is 33.5 Å². The molecule has 1 aromatic carbocycles. The Morgan fingerprint density at radius 2 is 2.05 bits per heavy atom. The average Bonchev–Trinajstić information content (AvgIpc) is 2.86. The van der Waals surface area contributed by atoms with E-state index in [0.29, 0.717) is 11.0 Å². The standard InChI is InChI=1S/C14H11BrClNO2/c15-12-7-10-19-13(12)14(18)17(9-4-8-16)11-5-2-1-3-6-11/h1-8,10H,9H2/b8-4+. The summed E-state index contributed by atoms with van der Waals surface area (Å²) in [5, 5.41) is 0. The molecule has 0 saturated carbocycles. The second-order valence-corrected chi connectivity index (χ2v) is 4.82. The molecule has 0 radical (unpaired) electrons. The molecule has 0 aliphatic rings. The lowest BCUT2D eigenvalue weighted by Crippen LogP contribution is -2.31. The Bertz CT molecular complexity index is 580. The molecule has 19 heavy (non-hydrogen) atoms. The van der Waals surface area contributed by atoms with Gasteiger partial charge in [0.1, 0.15) is 0 Å². The maximum Gasteiger partial charge on any atom is 0.295 e. The van der Waals surface area contributed by atoms with Crippen molar-refractivity contribution in [2.24, 2.45) is 0 Å². The van der Waals surface area contributed by atoms with Crippen LogP contribution >= 0.6 is 27.5 Å². The normalized spacial score (nSPS) is 10.8. The van der Waals surface area contributed by atoms with Gasteiger partial charge >= 0.3 is 0 Å². The number of furan rings is 1. The molecule has 1 heterocycles. The highest BCUT2D eigenvalue weighted by molar-refractivity contribution is 9.10. The van der Waals surface area contributed by atoms with Gasteiger partial charge in [-0.05, 0) is 34.1 Å². The number of carbonyl (C=O) groups is 1. The zero-order chi connectivity index (χ0) is 13.7. The van der Waals surface area contributed by atoms with Gasteiger partial charge in [0.15, 0.2) is 0 Å². The Hall–Kier alpha value is -1.52. The summed E-state index contributed by atoms with van der Waals surface area (Å²) in [4.78, 5) is 14.0. The lowest BCUT2D eigenvalue weighted by molar-refractivity contribution is 0.0962. The molecule has 0 bridgehead atoms. The fourth-order valence-electron chi connectivity index (χ4n) is 1.63. The fourth-order valence-corrected chi connectivity index (χ4v) is 2.08. The van der Waals surface area contributed by atoms with E-state index in [1.165, 1.54) is 11.8 Å². The summed E-state index contributed by atoms with van der Waals surface area (Å²) >= 11 is 8.83. The van der Waals surface area contributed by atoms with Gasteiger partial charge in [-0.15, -0.1) is 0 Å². The van der Waals surface area contributed by atoms with Crippen LogP contribution in [-0.2, 0) is 0 Å². The minimum Gasteiger partial charge on any atom is -0.458 e. The van der Waals surface area contributed by atoms with Crippen LogP contribution in [0.2, 0.25) is 0 Å². The van der Waals surface area contributed by atoms with Crippen molar-refractivity contribution >= 4 is 39.1 Å². The first-order valence-electron chi connectivity index (χ1n) is 5.59. The predicted molar refractivity (Wildman–Crippen MR) is 79.5 cm³/mol. The summed E-state index contributed by atoms with van der Waals surface area (Å²) in [6, 6.07) is 11.0. The van der Waals surface area contributed by atoms with Crippen LogP contribution in [0.15, 0.2) is 63.2 Å². The summed E-state index contributed by atoms with van der Waals surface area (Å²) in [6.45, 7) is 0.374. The quantitative estimate of drug-likeness (QED) is 0.824. The molecular formula is C14H11BrClNO2. The minimum atomic E-state index is -0.224. The zero-order valence-electron chi connectivity index (χ0n) is 9.92. The third-order valence-corrected chi connectivity index (χ3v) is 3.30. The van der Waals surface area contributed by atoms with Crippen LogP contribution in [0.1, 0.15) is 10.6 Å². The Morgan fingerprint density at radius 1 is 1.32 bits per heavy atom. The van der Waals surface area contributed by atoms with Gasteiger partial charge in [0.2, 0.25) is 5.76 Å². The number of carbonyl (C=O) groups excluding carboxylic acids is 1. The van der Waals surface area contributed by atoms with E-state index in [1.54, 1.807) is 17.0 Å². The molecule has 0 aliphatic heterocycles. The molecule has 0 spiro atoms. The maximum absolute atomic E-state index is 12.5. The fraction of sp³-hybridized carbons (Fsp3) is 0.0714. The number of benzene rings is 1. The van der Waals surface area contributed by atoms with Crippen LogP contribution < -0.4 is 4.90 Å². The number of hydrogen-bond donors (Lipinski definition) is 0. The highest BCUT2D eigenvalue weighted by Crippen LogP contribution is 2.23. The molecular weight excluding hydrogens is 330 g/mol. The van der Waals surface area contributed by atoms with Crippen molar-refractivity contribution in [3.8, 4) is 0 Å². The molecule has 3 nitrogen and oxygen atoms in total. The van der Waals surface area contributed by atoms with Crippen molar-refractivity contribution in [1.29, 1.82) is 0 Å². The number of halogens is 2. The molecule has 0 unspecified atom stereocenters. The second-order valence-electron chi connectivity index (χ2n) is 3.71. The molecule has 0 atom stereocenters. The summed E-state index contributed by atoms with van der Waals surface area (Å²) in [6.07, 6.45) is 3.17. The van der Waals surface area contributed by atoms with Gasteiger partial charge in [-0.2, -0.15) is 0 Å². The summed E-state index contributed by atoms with van der Waals surface area (Å²) in [5.74, 6) is 0.0460. The zero-order valence-corrected chi connectivity index (χ0v) is 12.3. The lowest BCUT2D eigenvalue weighted by Gasteiger charge is -2.20. The summed E-state index contributed by atoms with van der Waals surface area (Å²) in [5.41, 5.74) is 2.17. The molecule has 0 N–H and O–H groups in total. The van der Waals surface area contributed by atoms with E-state index in [2.05, 4.69) is 15.9 Å². The number of anilines is 1. The maximum atomic E-state index is 12.5. The molecule has 0 saturated heterocycles. The van der Waals surface area contributed by atoms with E-state index in [0.717, 1.165) is 5.69 Å². The minimum absolute atomic E-state index is 0.224. The summed E-state index contributed by atoms with van der Waals surface area (Å²) in [7, 11) is 0. The molecule has 0 aliphatic carbocycles. The summed E-state index contributed by atoms with van der Waals surface area (Å²) < 4.78 is 5.85. The molecule has 2 aromatic rings. The van der Waals surface area contributed by atoms with Gasteiger partial charge in [0, 0.05) is 17.8 Å². The van der Waals surface area contributed by atoms with Crippen LogP contribution in [0.3, 0.4) is 0 Å². The molecule has 5 heteroatoms. The number of hydrogen-bond acceptors (Lipinski definition) is 2. The van der Waals surface area contributed by atoms with E-state index in [-0.39, 0.29) is 11.7 Å². The monoisotopic (exact) mass is 339 g/mol. The third-order valence-electron chi connectivity index (χ3n) is 2.50. The Morgan fingerprint density at radius 3 is 2.63 bits per heavy atom. The van der Waals surface area contributed by atoms with Gasteiger partial charge in [-0.25, -0.2) is 0 Å². The van der Waals surface area contributed by atoms with E-state index in [1.807, 2.05) is 30.3 Å². The molecule has 98 valence electrons. The highest BCUT2D eigenvalue weighted by atomic mass is 79.9. The smallest absolute Gasteiger partial charge is 0.295 e. The van der Waals surface area contributed by atoms with Crippen LogP contribution in [0, 0.1) is 0 Å². The van der Waals surface area contributed by atoms with E-state index >= 15 is 0 Å². The Kier molecular flexibility index (Phi) is 4.82. The SMILES string of the molecule is O=C(c1occc1Br)N(C/C=C/Cl)c1ccccc1. The van der Waals surface area contributed by atoms with Gasteiger partial charge in [-0.3, -0.25) is 4.79 Å². The first kappa shape index (κ1) is 13.9. The van der Waals surface area contributed by atoms with Crippen molar-refractivity contribution in [2.75, 3.05) is 11.4 Å². The predicted octanol–water partition coefficient (Wildman–Crippen LogP) is 4.44. The molecule has 2 rings (SSSR count). The largest absolute Gasteiger partial charge is 0.458 e. The van der Waals surface area contributed by atoms with E-state index < -0.39 is 0 Å². The van der Waals surface area contributed by atoms with Crippen molar-refractivity contribution < 1.29 is 9.21 Å². The first-order valence-corrected chi connectivity index (χ1v) is 6.82. The first-order chi connectivity index (χ1) is 9.24. The van der Waals surface area contributed by atoms with E-state index in [4.69, 9.17) is 16.0 Å². The second kappa shape index (κ2) is 6.59. The van der Waals surface area contributed by atoms with Crippen LogP contribution in [0.4, 0.5) is 5.69 Å². The van der Waals surface area contributed by atoms with Gasteiger partial charge < -0.3 is 9.32 Å². The van der Waals surface area contributed by atoms with Crippen molar-refractivity contribution in [1.82, 2.24) is 0 Å². The van der Waals surface area contributed by atoms with Gasteiger partial charge in [-0.1, -0.05) is 35.9 Å². The molecule has 1 aromatic heterocycles. The number of rotatable bonds is 4. The number of para-hydroxylation sites is 1. The lowest BCUT2D eigenvalue weighted by atomic mass is 10.2. The Labute approximate surface area is 124 Å². The van der Waals surface area contributed by atoms with Crippen LogP contribution in [-0.4, -0.2) is 12.5 Å². The van der Waals surface area contributed by atoms with E-state index in [9.17, 15) is 4.79 Å². The van der Waals surface area contributed by atoms with Crippen LogP contribution in [0.25, 0.3) is 0 Å². The van der Waals surface area contributed by atoms with Crippen LogP contribution in [0.5, 0.6) is 0 Å². The van der Waals surface area contributed by atoms with Crippen molar-refractivity contribution in [3.05, 3.63) is 64.5 Å². The van der Waals surface area contributed by atoms with Crippen molar-refractivity contribution in [2.45, 2.75) is 0 Å². The number of nitrogens with zero attached hydrogens (tertiary/aromatic N) is 1. The molecule has 0 fully saturated rings.